The molecule has 0 unspecified atom stereocenters. The van der Waals surface area contributed by atoms with Crippen LogP contribution in [0.25, 0.3) is 32.7 Å². The first-order chi connectivity index (χ1) is 22.2. The van der Waals surface area contributed by atoms with E-state index in [1.165, 1.54) is 6.07 Å². The van der Waals surface area contributed by atoms with Crippen molar-refractivity contribution in [2.75, 3.05) is 11.5 Å². The standard InChI is InChI=1S/C32H24N6O6S2/c33-31-25-7-3-1-5-23(25)29(45-44-43-39)17-27(31)37-35-21-13-9-19(10-14-21)20-11-15-22(16-12-20)36-38-28-18-30(46(40,41)42)24-6-2-4-8-26(24)32(28)34/h1-18,39H,33-34H2,(H,40,41,42)/p-2. The maximum absolute atomic E-state index is 11.9. The summed E-state index contributed by atoms with van der Waals surface area (Å²) in [5.74, 6) is 0. The van der Waals surface area contributed by atoms with E-state index in [-0.39, 0.29) is 16.8 Å². The van der Waals surface area contributed by atoms with Gasteiger partial charge in [-0.25, -0.2) is 8.42 Å². The molecule has 6 aromatic carbocycles. The lowest BCUT2D eigenvalue weighted by atomic mass is 10.1. The normalized spacial score (nSPS) is 12.1. The highest BCUT2D eigenvalue weighted by atomic mass is 32.2. The van der Waals surface area contributed by atoms with Gasteiger partial charge < -0.3 is 21.3 Å². The zero-order valence-corrected chi connectivity index (χ0v) is 25.2. The number of anilines is 2. The summed E-state index contributed by atoms with van der Waals surface area (Å²) in [6.45, 7) is 0. The van der Waals surface area contributed by atoms with Crippen LogP contribution in [0.4, 0.5) is 34.1 Å². The van der Waals surface area contributed by atoms with Crippen LogP contribution in [0, 0.1) is 0 Å². The van der Waals surface area contributed by atoms with Gasteiger partial charge in [-0.05, 0) is 52.9 Å². The first-order valence-electron chi connectivity index (χ1n) is 13.5. The van der Waals surface area contributed by atoms with Gasteiger partial charge in [0.25, 0.3) is 0 Å². The predicted octanol–water partition coefficient (Wildman–Crippen LogP) is 7.79. The number of rotatable bonds is 9. The SMILES string of the molecule is Nc1c(N=Nc2ccc(-c3ccc(N=Nc4cc(S(=O)(=O)[O-])c5ccccc5c4N)cc3)cc2)cc(SOO[O-])c2ccccc12. The lowest BCUT2D eigenvalue weighted by molar-refractivity contribution is -0.777. The zero-order chi connectivity index (χ0) is 32.3. The first-order valence-corrected chi connectivity index (χ1v) is 15.6. The summed E-state index contributed by atoms with van der Waals surface area (Å²) in [6.07, 6.45) is 0. The van der Waals surface area contributed by atoms with E-state index in [9.17, 15) is 18.2 Å². The molecule has 0 fully saturated rings. The number of azo groups is 2. The zero-order valence-electron chi connectivity index (χ0n) is 23.6. The average Bonchev–Trinajstić information content (AvgIpc) is 3.07. The second kappa shape index (κ2) is 13.0. The average molecular weight is 651 g/mol. The van der Waals surface area contributed by atoms with Gasteiger partial charge in [0.15, 0.2) is 0 Å². The molecule has 0 aliphatic carbocycles. The monoisotopic (exact) mass is 650 g/mol. The first kappa shape index (κ1) is 30.8. The van der Waals surface area contributed by atoms with Gasteiger partial charge in [-0.2, -0.15) is 14.6 Å². The summed E-state index contributed by atoms with van der Waals surface area (Å²) in [4.78, 5) is 0.184. The molecule has 0 saturated carbocycles. The third-order valence-corrected chi connectivity index (χ3v) is 8.61. The number of hydrogen-bond acceptors (Lipinski definition) is 13. The summed E-state index contributed by atoms with van der Waals surface area (Å²) in [5, 5.41) is 33.0. The fourth-order valence-electron chi connectivity index (χ4n) is 4.86. The number of fused-ring (bicyclic) bond motifs is 2. The van der Waals surface area contributed by atoms with Gasteiger partial charge in [-0.3, -0.25) is 5.04 Å². The van der Waals surface area contributed by atoms with Gasteiger partial charge in [0, 0.05) is 21.1 Å². The third-order valence-electron chi connectivity index (χ3n) is 7.09. The molecule has 0 aromatic heterocycles. The molecule has 6 rings (SSSR count). The van der Waals surface area contributed by atoms with E-state index in [2.05, 4.69) is 29.8 Å². The molecule has 14 heteroatoms. The third kappa shape index (κ3) is 6.43. The quantitative estimate of drug-likeness (QED) is 0.0391. The van der Waals surface area contributed by atoms with E-state index in [0.717, 1.165) is 40.0 Å². The molecule has 0 radical (unpaired) electrons. The molecule has 0 heterocycles. The summed E-state index contributed by atoms with van der Waals surface area (Å²) in [6, 6.07) is 31.2. The molecule has 6 aromatic rings. The fourth-order valence-corrected chi connectivity index (χ4v) is 6.09. The van der Waals surface area contributed by atoms with Crippen molar-refractivity contribution in [2.24, 2.45) is 20.5 Å². The van der Waals surface area contributed by atoms with Crippen LogP contribution in [0.5, 0.6) is 0 Å². The van der Waals surface area contributed by atoms with Crippen LogP contribution in [0.2, 0.25) is 0 Å². The summed E-state index contributed by atoms with van der Waals surface area (Å²) in [7, 11) is -4.77. The molecule has 230 valence electrons. The van der Waals surface area contributed by atoms with E-state index >= 15 is 0 Å². The Morgan fingerprint density at radius 3 is 1.57 bits per heavy atom. The van der Waals surface area contributed by atoms with Crippen LogP contribution in [0.15, 0.2) is 139 Å². The molecular formula is C32H22N6O6S2-2. The van der Waals surface area contributed by atoms with E-state index < -0.39 is 15.0 Å². The van der Waals surface area contributed by atoms with E-state index in [1.807, 2.05) is 48.5 Å². The maximum atomic E-state index is 11.9. The Bertz CT molecular complexity index is 2240. The van der Waals surface area contributed by atoms with Gasteiger partial charge in [0.2, 0.25) is 0 Å². The molecule has 0 aliphatic rings. The number of nitrogens with zero attached hydrogens (tertiary/aromatic N) is 4. The Labute approximate surface area is 266 Å². The Kier molecular flexibility index (Phi) is 8.72. The minimum atomic E-state index is -4.77. The molecule has 0 aliphatic heterocycles. The smallest absolute Gasteiger partial charge is 0.125 e. The summed E-state index contributed by atoms with van der Waals surface area (Å²) in [5.41, 5.74) is 16.6. The van der Waals surface area contributed by atoms with E-state index in [1.54, 1.807) is 48.5 Å². The number of nitrogen functional groups attached to an aromatic ring is 2. The molecule has 0 saturated heterocycles. The van der Waals surface area contributed by atoms with Crippen LogP contribution in [-0.4, -0.2) is 13.0 Å². The van der Waals surface area contributed by atoms with Crippen molar-refractivity contribution < 1.29 is 27.6 Å². The highest BCUT2D eigenvalue weighted by molar-refractivity contribution is 7.94. The highest BCUT2D eigenvalue weighted by Gasteiger charge is 2.14. The second-order valence-electron chi connectivity index (χ2n) is 9.87. The summed E-state index contributed by atoms with van der Waals surface area (Å²) < 4.78 is 40.1. The van der Waals surface area contributed by atoms with Gasteiger partial charge in [-0.1, -0.05) is 72.8 Å². The van der Waals surface area contributed by atoms with Gasteiger partial charge in [-0.15, -0.1) is 10.2 Å². The van der Waals surface area contributed by atoms with Crippen LogP contribution in [0.3, 0.4) is 0 Å². The Balaban J connectivity index is 1.20. The van der Waals surface area contributed by atoms with Crippen molar-refractivity contribution in [3.63, 3.8) is 0 Å². The van der Waals surface area contributed by atoms with Gasteiger partial charge >= 0.3 is 0 Å². The van der Waals surface area contributed by atoms with Crippen LogP contribution < -0.4 is 16.7 Å². The maximum Gasteiger partial charge on any atom is 0.125 e. The van der Waals surface area contributed by atoms with Crippen LogP contribution in [-0.2, 0) is 19.5 Å². The number of benzene rings is 6. The molecule has 12 nitrogen and oxygen atoms in total. The molecule has 0 spiro atoms. The molecular weight excluding hydrogens is 629 g/mol. The van der Waals surface area contributed by atoms with Crippen molar-refractivity contribution in [1.82, 2.24) is 0 Å². The minimum absolute atomic E-state index is 0.0761. The summed E-state index contributed by atoms with van der Waals surface area (Å²) >= 11 is 0.756. The van der Waals surface area contributed by atoms with Crippen molar-refractivity contribution in [3.05, 3.63) is 109 Å². The van der Waals surface area contributed by atoms with Crippen molar-refractivity contribution >= 4 is 77.8 Å². The Morgan fingerprint density at radius 2 is 1.07 bits per heavy atom. The van der Waals surface area contributed by atoms with Crippen molar-refractivity contribution in [1.29, 1.82) is 0 Å². The second-order valence-corrected chi connectivity index (χ2v) is 12.0. The van der Waals surface area contributed by atoms with E-state index in [4.69, 9.17) is 11.5 Å². The number of hydrogen-bond donors (Lipinski definition) is 2. The van der Waals surface area contributed by atoms with Crippen LogP contribution >= 0.6 is 12.0 Å². The molecule has 4 N–H and O–H groups in total. The molecule has 0 bridgehead atoms. The topological polar surface area (TPSA) is 200 Å². The molecule has 46 heavy (non-hydrogen) atoms. The molecule has 0 amide bonds. The molecule has 0 atom stereocenters. The largest absolute Gasteiger partial charge is 0.744 e. The van der Waals surface area contributed by atoms with Crippen molar-refractivity contribution in [3.8, 4) is 11.1 Å². The van der Waals surface area contributed by atoms with Crippen molar-refractivity contribution in [2.45, 2.75) is 9.79 Å². The Hall–Kier alpha value is -5.22. The fraction of sp³-hybridized carbons (Fsp3) is 0. The predicted molar refractivity (Wildman–Crippen MR) is 173 cm³/mol. The number of nitrogens with two attached hydrogens (primary N) is 2. The Morgan fingerprint density at radius 1 is 0.609 bits per heavy atom. The van der Waals surface area contributed by atoms with Gasteiger partial charge in [0.1, 0.15) is 21.5 Å². The lowest BCUT2D eigenvalue weighted by Gasteiger charge is -2.13. The minimum Gasteiger partial charge on any atom is -0.744 e. The van der Waals surface area contributed by atoms with Gasteiger partial charge in [0.05, 0.1) is 39.7 Å². The van der Waals surface area contributed by atoms with E-state index in [0.29, 0.717) is 33.0 Å². The lowest BCUT2D eigenvalue weighted by Crippen LogP contribution is -2.01. The van der Waals surface area contributed by atoms with Crippen LogP contribution in [0.1, 0.15) is 0 Å². The highest BCUT2D eigenvalue weighted by Crippen LogP contribution is 2.40.